The normalized spacial score (nSPS) is 17.9. The second-order valence-electron chi connectivity index (χ2n) is 4.53. The molecule has 0 aliphatic heterocycles. The summed E-state index contributed by atoms with van der Waals surface area (Å²) in [7, 11) is 0. The Kier molecular flexibility index (Phi) is 3.30. The molecule has 0 aromatic heterocycles. The van der Waals surface area contributed by atoms with E-state index in [4.69, 9.17) is 0 Å². The SMILES string of the molecule is CCc1c(O)cccc1C1CCCCC1. The van der Waals surface area contributed by atoms with Gasteiger partial charge in [-0.1, -0.05) is 38.3 Å². The molecule has 2 rings (SSSR count). The van der Waals surface area contributed by atoms with E-state index in [0.29, 0.717) is 11.7 Å². The van der Waals surface area contributed by atoms with Crippen molar-refractivity contribution in [2.24, 2.45) is 0 Å². The summed E-state index contributed by atoms with van der Waals surface area (Å²) < 4.78 is 0. The van der Waals surface area contributed by atoms with Crippen molar-refractivity contribution >= 4 is 0 Å². The Hall–Kier alpha value is -0.980. The Morgan fingerprint density at radius 1 is 1.20 bits per heavy atom. The second kappa shape index (κ2) is 4.69. The van der Waals surface area contributed by atoms with E-state index in [1.807, 2.05) is 12.1 Å². The molecule has 1 heteroatoms. The van der Waals surface area contributed by atoms with Crippen molar-refractivity contribution in [2.45, 2.75) is 51.4 Å². The van der Waals surface area contributed by atoms with Crippen LogP contribution in [0.2, 0.25) is 0 Å². The van der Waals surface area contributed by atoms with Crippen LogP contribution in [0.4, 0.5) is 0 Å². The van der Waals surface area contributed by atoms with Gasteiger partial charge in [-0.25, -0.2) is 0 Å². The molecule has 0 atom stereocenters. The van der Waals surface area contributed by atoms with E-state index >= 15 is 0 Å². The predicted octanol–water partition coefficient (Wildman–Crippen LogP) is 4.00. The lowest BCUT2D eigenvalue weighted by Crippen LogP contribution is -2.07. The van der Waals surface area contributed by atoms with Gasteiger partial charge in [0, 0.05) is 0 Å². The third-order valence-electron chi connectivity index (χ3n) is 3.59. The van der Waals surface area contributed by atoms with Crippen molar-refractivity contribution < 1.29 is 5.11 Å². The number of benzene rings is 1. The molecule has 1 aliphatic rings. The lowest BCUT2D eigenvalue weighted by atomic mass is 9.81. The molecule has 1 fully saturated rings. The van der Waals surface area contributed by atoms with Gasteiger partial charge in [-0.3, -0.25) is 0 Å². The van der Waals surface area contributed by atoms with Crippen LogP contribution in [-0.2, 0) is 6.42 Å². The Morgan fingerprint density at radius 2 is 1.93 bits per heavy atom. The van der Waals surface area contributed by atoms with Crippen molar-refractivity contribution in [1.82, 2.24) is 0 Å². The maximum atomic E-state index is 9.82. The summed E-state index contributed by atoms with van der Waals surface area (Å²) in [4.78, 5) is 0. The molecule has 0 bridgehead atoms. The van der Waals surface area contributed by atoms with E-state index in [1.165, 1.54) is 43.2 Å². The standard InChI is InChI=1S/C14H20O/c1-2-12-13(9-6-10-14(12)15)11-7-4-3-5-8-11/h6,9-11,15H,2-5,7-8H2,1H3. The average Bonchev–Trinajstić information content (AvgIpc) is 2.30. The summed E-state index contributed by atoms with van der Waals surface area (Å²) in [5, 5.41) is 9.82. The van der Waals surface area contributed by atoms with E-state index in [-0.39, 0.29) is 0 Å². The molecular weight excluding hydrogens is 184 g/mol. The van der Waals surface area contributed by atoms with Crippen LogP contribution in [0.25, 0.3) is 0 Å². The maximum Gasteiger partial charge on any atom is 0.119 e. The smallest absolute Gasteiger partial charge is 0.119 e. The van der Waals surface area contributed by atoms with Crippen molar-refractivity contribution in [3.05, 3.63) is 29.3 Å². The zero-order valence-electron chi connectivity index (χ0n) is 9.50. The van der Waals surface area contributed by atoms with Crippen LogP contribution >= 0.6 is 0 Å². The molecule has 0 heterocycles. The number of aromatic hydroxyl groups is 1. The Bertz CT molecular complexity index is 324. The van der Waals surface area contributed by atoms with E-state index in [0.717, 1.165) is 6.42 Å². The highest BCUT2D eigenvalue weighted by Crippen LogP contribution is 2.36. The minimum atomic E-state index is 0.487. The fourth-order valence-corrected chi connectivity index (χ4v) is 2.77. The first kappa shape index (κ1) is 10.5. The topological polar surface area (TPSA) is 20.2 Å². The summed E-state index contributed by atoms with van der Waals surface area (Å²) in [5.74, 6) is 1.18. The molecule has 1 aromatic carbocycles. The van der Waals surface area contributed by atoms with Crippen molar-refractivity contribution in [1.29, 1.82) is 0 Å². The third-order valence-corrected chi connectivity index (χ3v) is 3.59. The second-order valence-corrected chi connectivity index (χ2v) is 4.53. The number of phenols is 1. The van der Waals surface area contributed by atoms with Crippen LogP contribution in [0, 0.1) is 0 Å². The van der Waals surface area contributed by atoms with Gasteiger partial charge >= 0.3 is 0 Å². The fraction of sp³-hybridized carbons (Fsp3) is 0.571. The molecule has 1 aliphatic carbocycles. The first-order valence-corrected chi connectivity index (χ1v) is 6.13. The van der Waals surface area contributed by atoms with Crippen molar-refractivity contribution in [3.63, 3.8) is 0 Å². The molecule has 1 nitrogen and oxygen atoms in total. The molecular formula is C14H20O. The first-order valence-electron chi connectivity index (χ1n) is 6.13. The Labute approximate surface area is 92.1 Å². The molecule has 0 saturated heterocycles. The van der Waals surface area contributed by atoms with E-state index in [2.05, 4.69) is 13.0 Å². The molecule has 0 unspecified atom stereocenters. The molecule has 1 N–H and O–H groups in total. The van der Waals surface area contributed by atoms with Gasteiger partial charge in [0.1, 0.15) is 5.75 Å². The van der Waals surface area contributed by atoms with E-state index in [9.17, 15) is 5.11 Å². The van der Waals surface area contributed by atoms with E-state index < -0.39 is 0 Å². The number of rotatable bonds is 2. The summed E-state index contributed by atoms with van der Waals surface area (Å²) in [5.41, 5.74) is 2.57. The van der Waals surface area contributed by atoms with Gasteiger partial charge in [-0.15, -0.1) is 0 Å². The molecule has 82 valence electrons. The molecule has 15 heavy (non-hydrogen) atoms. The summed E-state index contributed by atoms with van der Waals surface area (Å²) >= 11 is 0. The van der Waals surface area contributed by atoms with Gasteiger partial charge in [0.05, 0.1) is 0 Å². The first-order chi connectivity index (χ1) is 7.33. The van der Waals surface area contributed by atoms with Gasteiger partial charge in [0.2, 0.25) is 0 Å². The minimum Gasteiger partial charge on any atom is -0.508 e. The summed E-state index contributed by atoms with van der Waals surface area (Å²) in [6.45, 7) is 2.13. The Morgan fingerprint density at radius 3 is 2.60 bits per heavy atom. The quantitative estimate of drug-likeness (QED) is 0.772. The van der Waals surface area contributed by atoms with Crippen LogP contribution < -0.4 is 0 Å². The predicted molar refractivity (Wildman–Crippen MR) is 63.3 cm³/mol. The van der Waals surface area contributed by atoms with Crippen LogP contribution in [-0.4, -0.2) is 5.11 Å². The summed E-state index contributed by atoms with van der Waals surface area (Å²) in [6.07, 6.45) is 7.63. The van der Waals surface area contributed by atoms with Gasteiger partial charge in [-0.2, -0.15) is 0 Å². The van der Waals surface area contributed by atoms with Gasteiger partial charge in [0.25, 0.3) is 0 Å². The molecule has 0 spiro atoms. The van der Waals surface area contributed by atoms with Crippen LogP contribution in [0.15, 0.2) is 18.2 Å². The number of hydrogen-bond acceptors (Lipinski definition) is 1. The summed E-state index contributed by atoms with van der Waals surface area (Å²) in [6, 6.07) is 6.00. The molecule has 0 radical (unpaired) electrons. The van der Waals surface area contributed by atoms with Gasteiger partial charge < -0.3 is 5.11 Å². The molecule has 0 amide bonds. The van der Waals surface area contributed by atoms with Crippen LogP contribution in [0.3, 0.4) is 0 Å². The fourth-order valence-electron chi connectivity index (χ4n) is 2.77. The minimum absolute atomic E-state index is 0.487. The van der Waals surface area contributed by atoms with Crippen molar-refractivity contribution in [3.8, 4) is 5.75 Å². The average molecular weight is 204 g/mol. The zero-order chi connectivity index (χ0) is 10.7. The largest absolute Gasteiger partial charge is 0.508 e. The highest BCUT2D eigenvalue weighted by atomic mass is 16.3. The van der Waals surface area contributed by atoms with Gasteiger partial charge in [0.15, 0.2) is 0 Å². The van der Waals surface area contributed by atoms with Gasteiger partial charge in [-0.05, 0) is 42.4 Å². The highest BCUT2D eigenvalue weighted by Gasteiger charge is 2.18. The highest BCUT2D eigenvalue weighted by molar-refractivity contribution is 5.41. The van der Waals surface area contributed by atoms with Crippen LogP contribution in [0.5, 0.6) is 5.75 Å². The number of phenolic OH excluding ortho intramolecular Hbond substituents is 1. The van der Waals surface area contributed by atoms with Crippen molar-refractivity contribution in [2.75, 3.05) is 0 Å². The lowest BCUT2D eigenvalue weighted by molar-refractivity contribution is 0.433. The Balaban J connectivity index is 2.29. The number of hydrogen-bond donors (Lipinski definition) is 1. The molecule has 1 aromatic rings. The monoisotopic (exact) mass is 204 g/mol. The van der Waals surface area contributed by atoms with E-state index in [1.54, 1.807) is 0 Å². The van der Waals surface area contributed by atoms with Crippen LogP contribution in [0.1, 0.15) is 56.1 Å². The molecule has 1 saturated carbocycles. The zero-order valence-corrected chi connectivity index (χ0v) is 9.50. The lowest BCUT2D eigenvalue weighted by Gasteiger charge is -2.24. The maximum absolute atomic E-state index is 9.82. The third kappa shape index (κ3) is 2.17.